The number of carbonyl (C=O) groups is 3. The Hall–Kier alpha value is -1.63. The van der Waals surface area contributed by atoms with Crippen LogP contribution in [0.25, 0.3) is 0 Å². The Morgan fingerprint density at radius 1 is 1.33 bits per heavy atom. The first-order valence-corrected chi connectivity index (χ1v) is 6.00. The molecule has 18 heavy (non-hydrogen) atoms. The van der Waals surface area contributed by atoms with Crippen molar-refractivity contribution in [2.45, 2.75) is 31.7 Å². The highest BCUT2D eigenvalue weighted by Crippen LogP contribution is 2.19. The molecule has 0 radical (unpaired) electrons. The van der Waals surface area contributed by atoms with Gasteiger partial charge in [0.15, 0.2) is 0 Å². The lowest BCUT2D eigenvalue weighted by atomic mass is 9.99. The molecule has 0 aromatic carbocycles. The van der Waals surface area contributed by atoms with Gasteiger partial charge >= 0.3 is 12.0 Å². The largest absolute Gasteiger partial charge is 0.481 e. The first-order valence-electron chi connectivity index (χ1n) is 6.00. The number of amides is 3. The molecule has 0 bridgehead atoms. The van der Waals surface area contributed by atoms with Crippen molar-refractivity contribution in [3.8, 4) is 0 Å². The Morgan fingerprint density at radius 3 is 2.67 bits per heavy atom. The summed E-state index contributed by atoms with van der Waals surface area (Å²) in [4.78, 5) is 35.1. The molecule has 1 saturated heterocycles. The van der Waals surface area contributed by atoms with Gasteiger partial charge in [-0.15, -0.1) is 0 Å². The Labute approximate surface area is 106 Å². The summed E-state index contributed by atoms with van der Waals surface area (Å²) < 4.78 is 0. The van der Waals surface area contributed by atoms with E-state index in [0.717, 1.165) is 19.3 Å². The molecular formula is C11H19N3O4. The second kappa shape index (κ2) is 6.95. The molecule has 0 aliphatic carbocycles. The third-order valence-corrected chi connectivity index (χ3v) is 2.99. The topological polar surface area (TPSA) is 98.7 Å². The molecule has 1 aliphatic rings. The lowest BCUT2D eigenvalue weighted by Crippen LogP contribution is -2.48. The predicted molar refractivity (Wildman–Crippen MR) is 64.1 cm³/mol. The average Bonchev–Trinajstić information content (AvgIpc) is 2.30. The summed E-state index contributed by atoms with van der Waals surface area (Å²) in [5.74, 6) is -1.27. The number of carbonyl (C=O) groups excluding carboxylic acids is 2. The molecule has 3 amide bonds. The molecule has 1 unspecified atom stereocenters. The normalized spacial score (nSPS) is 20.2. The van der Waals surface area contributed by atoms with Crippen LogP contribution < -0.4 is 10.6 Å². The molecule has 0 aromatic rings. The number of piperidine rings is 1. The summed E-state index contributed by atoms with van der Waals surface area (Å²) in [6.45, 7) is 0.754. The fourth-order valence-electron chi connectivity index (χ4n) is 2.11. The summed E-state index contributed by atoms with van der Waals surface area (Å²) in [5.41, 5.74) is 0. The van der Waals surface area contributed by atoms with Gasteiger partial charge in [0.1, 0.15) is 0 Å². The van der Waals surface area contributed by atoms with E-state index in [2.05, 4.69) is 10.6 Å². The van der Waals surface area contributed by atoms with E-state index < -0.39 is 17.9 Å². The van der Waals surface area contributed by atoms with Crippen LogP contribution in [0.3, 0.4) is 0 Å². The van der Waals surface area contributed by atoms with E-state index in [1.165, 1.54) is 7.05 Å². The van der Waals surface area contributed by atoms with Crippen molar-refractivity contribution in [2.75, 3.05) is 20.1 Å². The van der Waals surface area contributed by atoms with Gasteiger partial charge in [0.25, 0.3) is 0 Å². The zero-order valence-electron chi connectivity index (χ0n) is 10.4. The van der Waals surface area contributed by atoms with Gasteiger partial charge in [-0.1, -0.05) is 6.42 Å². The van der Waals surface area contributed by atoms with E-state index in [1.807, 2.05) is 4.90 Å². The van der Waals surface area contributed by atoms with E-state index in [9.17, 15) is 14.4 Å². The number of nitrogens with zero attached hydrogens (tertiary/aromatic N) is 1. The van der Waals surface area contributed by atoms with Crippen molar-refractivity contribution in [1.82, 2.24) is 15.5 Å². The van der Waals surface area contributed by atoms with Crippen LogP contribution in [0.1, 0.15) is 25.7 Å². The summed E-state index contributed by atoms with van der Waals surface area (Å²) in [6.07, 6.45) is 2.74. The third-order valence-electron chi connectivity index (χ3n) is 2.99. The van der Waals surface area contributed by atoms with Gasteiger partial charge < -0.3 is 10.4 Å². The number of nitrogens with one attached hydrogen (secondary N) is 2. The van der Waals surface area contributed by atoms with Crippen LogP contribution in [0.2, 0.25) is 0 Å². The summed E-state index contributed by atoms with van der Waals surface area (Å²) in [7, 11) is 1.43. The molecular weight excluding hydrogens is 238 g/mol. The van der Waals surface area contributed by atoms with Crippen LogP contribution in [0.5, 0.6) is 0 Å². The minimum atomic E-state index is -0.862. The number of hydrogen-bond acceptors (Lipinski definition) is 4. The van der Waals surface area contributed by atoms with Crippen molar-refractivity contribution in [2.24, 2.45) is 0 Å². The zero-order chi connectivity index (χ0) is 13.5. The number of rotatable bonds is 4. The maximum atomic E-state index is 11.6. The number of carboxylic acids is 1. The van der Waals surface area contributed by atoms with E-state index in [1.54, 1.807) is 0 Å². The minimum Gasteiger partial charge on any atom is -0.481 e. The maximum Gasteiger partial charge on any atom is 0.321 e. The highest BCUT2D eigenvalue weighted by molar-refractivity contribution is 5.95. The van der Waals surface area contributed by atoms with Gasteiger partial charge in [-0.2, -0.15) is 0 Å². The van der Waals surface area contributed by atoms with Crippen molar-refractivity contribution >= 4 is 17.9 Å². The van der Waals surface area contributed by atoms with Crippen molar-refractivity contribution in [3.05, 3.63) is 0 Å². The van der Waals surface area contributed by atoms with Crippen molar-refractivity contribution in [3.63, 3.8) is 0 Å². The van der Waals surface area contributed by atoms with E-state index in [-0.39, 0.29) is 19.0 Å². The maximum absolute atomic E-state index is 11.6. The fraction of sp³-hybridized carbons (Fsp3) is 0.727. The molecule has 0 aromatic heterocycles. The van der Waals surface area contributed by atoms with Gasteiger partial charge in [-0.3, -0.25) is 19.8 Å². The monoisotopic (exact) mass is 257 g/mol. The fourth-order valence-corrected chi connectivity index (χ4v) is 2.11. The van der Waals surface area contributed by atoms with Gasteiger partial charge in [-0.25, -0.2) is 4.79 Å². The number of hydrogen-bond donors (Lipinski definition) is 3. The SMILES string of the molecule is CNC(=O)NC(=O)CN1CCCCC1CC(=O)O. The summed E-state index contributed by atoms with van der Waals surface area (Å²) in [6, 6.07) is -0.668. The average molecular weight is 257 g/mol. The quantitative estimate of drug-likeness (QED) is 0.646. The molecule has 1 rings (SSSR count). The smallest absolute Gasteiger partial charge is 0.321 e. The predicted octanol–water partition coefficient (Wildman–Crippen LogP) is -0.229. The molecule has 1 atom stereocenters. The lowest BCUT2D eigenvalue weighted by Gasteiger charge is -2.34. The second-order valence-corrected chi connectivity index (χ2v) is 4.35. The summed E-state index contributed by atoms with van der Waals surface area (Å²) in [5, 5.41) is 13.3. The van der Waals surface area contributed by atoms with Crippen LogP contribution >= 0.6 is 0 Å². The molecule has 0 spiro atoms. The molecule has 1 fully saturated rings. The Kier molecular flexibility index (Phi) is 5.57. The van der Waals surface area contributed by atoms with Crippen molar-refractivity contribution < 1.29 is 19.5 Å². The zero-order valence-corrected chi connectivity index (χ0v) is 10.4. The molecule has 0 saturated carbocycles. The van der Waals surface area contributed by atoms with Crippen LogP contribution in [0, 0.1) is 0 Å². The van der Waals surface area contributed by atoms with Gasteiger partial charge in [0.05, 0.1) is 13.0 Å². The van der Waals surface area contributed by atoms with E-state index >= 15 is 0 Å². The Bertz CT molecular complexity index is 332. The minimum absolute atomic E-state index is 0.0350. The van der Waals surface area contributed by atoms with E-state index in [4.69, 9.17) is 5.11 Å². The second-order valence-electron chi connectivity index (χ2n) is 4.35. The summed E-state index contributed by atoms with van der Waals surface area (Å²) >= 11 is 0. The lowest BCUT2D eigenvalue weighted by molar-refractivity contribution is -0.139. The molecule has 1 aliphatic heterocycles. The highest BCUT2D eigenvalue weighted by atomic mass is 16.4. The first-order chi connectivity index (χ1) is 8.52. The first kappa shape index (κ1) is 14.4. The van der Waals surface area contributed by atoms with Crippen LogP contribution in [0.15, 0.2) is 0 Å². The molecule has 1 heterocycles. The number of carboxylic acid groups (broad SMARTS) is 1. The molecule has 102 valence electrons. The van der Waals surface area contributed by atoms with Gasteiger partial charge in [0, 0.05) is 13.1 Å². The van der Waals surface area contributed by atoms with Crippen LogP contribution in [0.4, 0.5) is 4.79 Å². The third kappa shape index (κ3) is 4.70. The Balaban J connectivity index is 2.48. The van der Waals surface area contributed by atoms with Crippen LogP contribution in [-0.4, -0.2) is 54.1 Å². The molecule has 3 N–H and O–H groups in total. The van der Waals surface area contributed by atoms with Crippen molar-refractivity contribution in [1.29, 1.82) is 0 Å². The standard InChI is InChI=1S/C11H19N3O4/c1-12-11(18)13-9(15)7-14-5-3-2-4-8(14)6-10(16)17/h8H,2-7H2,1H3,(H,16,17)(H2,12,13,15,18). The number of urea groups is 1. The van der Waals surface area contributed by atoms with E-state index in [0.29, 0.717) is 6.54 Å². The molecule has 7 nitrogen and oxygen atoms in total. The number of aliphatic carboxylic acids is 1. The van der Waals surface area contributed by atoms with Gasteiger partial charge in [0.2, 0.25) is 5.91 Å². The van der Waals surface area contributed by atoms with Gasteiger partial charge in [-0.05, 0) is 19.4 Å². The number of imide groups is 1. The molecule has 7 heteroatoms. The Morgan fingerprint density at radius 2 is 2.06 bits per heavy atom. The number of likely N-dealkylation sites (tertiary alicyclic amines) is 1. The van der Waals surface area contributed by atoms with Crippen LogP contribution in [-0.2, 0) is 9.59 Å². The highest BCUT2D eigenvalue weighted by Gasteiger charge is 2.26.